The highest BCUT2D eigenvalue weighted by Crippen LogP contribution is 2.33. The molecular formula is C23H24N4O3. The summed E-state index contributed by atoms with van der Waals surface area (Å²) in [6.45, 7) is 5.31. The number of rotatable bonds is 4. The molecule has 30 heavy (non-hydrogen) atoms. The molecule has 1 saturated heterocycles. The smallest absolute Gasteiger partial charge is 0.299 e. The summed E-state index contributed by atoms with van der Waals surface area (Å²) in [5, 5.41) is 11.8. The number of nitro benzene ring substituents is 1. The minimum atomic E-state index is -0.321. The Kier molecular flexibility index (Phi) is 4.75. The molecule has 5 rings (SSSR count). The van der Waals surface area contributed by atoms with Crippen LogP contribution in [0, 0.1) is 17.0 Å². The number of hydrogen-bond acceptors (Lipinski definition) is 5. The van der Waals surface area contributed by atoms with E-state index in [4.69, 9.17) is 4.74 Å². The van der Waals surface area contributed by atoms with Gasteiger partial charge in [-0.3, -0.25) is 10.1 Å². The van der Waals surface area contributed by atoms with Gasteiger partial charge in [0.2, 0.25) is 0 Å². The first-order chi connectivity index (χ1) is 14.6. The van der Waals surface area contributed by atoms with Crippen molar-refractivity contribution in [2.75, 3.05) is 31.2 Å². The Hall–Kier alpha value is -3.19. The van der Waals surface area contributed by atoms with Gasteiger partial charge >= 0.3 is 0 Å². The number of aryl methyl sites for hydroxylation is 1. The summed E-state index contributed by atoms with van der Waals surface area (Å²) in [7, 11) is 0. The van der Waals surface area contributed by atoms with E-state index in [1.54, 1.807) is 6.07 Å². The molecule has 7 heteroatoms. The van der Waals surface area contributed by atoms with Crippen LogP contribution in [0.15, 0.2) is 36.4 Å². The summed E-state index contributed by atoms with van der Waals surface area (Å²) >= 11 is 0. The Bertz CT molecular complexity index is 1160. The van der Waals surface area contributed by atoms with Crippen LogP contribution in [0.4, 0.5) is 11.4 Å². The van der Waals surface area contributed by atoms with Gasteiger partial charge < -0.3 is 14.2 Å². The topological polar surface area (TPSA) is 73.4 Å². The fourth-order valence-corrected chi connectivity index (χ4v) is 4.52. The lowest BCUT2D eigenvalue weighted by molar-refractivity contribution is -0.383. The van der Waals surface area contributed by atoms with Gasteiger partial charge in [0.1, 0.15) is 5.82 Å². The maximum absolute atomic E-state index is 11.8. The lowest BCUT2D eigenvalue weighted by Gasteiger charge is -2.28. The van der Waals surface area contributed by atoms with Crippen molar-refractivity contribution in [2.45, 2.75) is 26.3 Å². The molecule has 0 N–H and O–H groups in total. The summed E-state index contributed by atoms with van der Waals surface area (Å²) in [6, 6.07) is 10.1. The van der Waals surface area contributed by atoms with E-state index in [2.05, 4.69) is 44.8 Å². The van der Waals surface area contributed by atoms with Crippen LogP contribution in [-0.2, 0) is 17.7 Å². The predicted octanol–water partition coefficient (Wildman–Crippen LogP) is 4.10. The largest absolute Gasteiger partial charge is 0.378 e. The number of non-ortho nitro benzene ring substituents is 1. The number of benzene rings is 2. The molecule has 1 fully saturated rings. The molecule has 1 aliphatic heterocycles. The van der Waals surface area contributed by atoms with Crippen molar-refractivity contribution < 1.29 is 9.66 Å². The molecule has 1 aromatic heterocycles. The first-order valence-electron chi connectivity index (χ1n) is 10.4. The zero-order valence-electron chi connectivity index (χ0n) is 17.0. The first-order valence-corrected chi connectivity index (χ1v) is 10.4. The Balaban J connectivity index is 1.63. The fourth-order valence-electron chi connectivity index (χ4n) is 4.52. The summed E-state index contributed by atoms with van der Waals surface area (Å²) < 4.78 is 7.56. The molecule has 0 saturated carbocycles. The van der Waals surface area contributed by atoms with Crippen LogP contribution in [-0.4, -0.2) is 40.8 Å². The van der Waals surface area contributed by atoms with Gasteiger partial charge in [0.25, 0.3) is 5.69 Å². The summed E-state index contributed by atoms with van der Waals surface area (Å²) in [4.78, 5) is 18.2. The first kappa shape index (κ1) is 18.8. The Morgan fingerprint density at radius 2 is 2.07 bits per heavy atom. The second-order valence-electron chi connectivity index (χ2n) is 7.86. The molecule has 154 valence electrons. The quantitative estimate of drug-likeness (QED) is 0.484. The van der Waals surface area contributed by atoms with Crippen LogP contribution in [0.5, 0.6) is 0 Å². The number of morpholine rings is 1. The average Bonchev–Trinajstić information content (AvgIpc) is 3.09. The molecule has 1 aliphatic carbocycles. The fraction of sp³-hybridized carbons (Fsp3) is 0.348. The van der Waals surface area contributed by atoms with Crippen molar-refractivity contribution in [1.82, 2.24) is 9.55 Å². The Morgan fingerprint density at radius 1 is 1.23 bits per heavy atom. The summed E-state index contributed by atoms with van der Waals surface area (Å²) in [5.74, 6) is 0.788. The molecule has 0 radical (unpaired) electrons. The molecule has 0 unspecified atom stereocenters. The molecule has 7 nitrogen and oxygen atoms in total. The highest BCUT2D eigenvalue weighted by molar-refractivity contribution is 5.89. The van der Waals surface area contributed by atoms with Crippen LogP contribution >= 0.6 is 0 Å². The number of ether oxygens (including phenoxy) is 1. The van der Waals surface area contributed by atoms with Gasteiger partial charge in [0, 0.05) is 31.4 Å². The third kappa shape index (κ3) is 3.25. The second-order valence-corrected chi connectivity index (χ2v) is 7.86. The zero-order chi connectivity index (χ0) is 20.7. The van der Waals surface area contributed by atoms with Gasteiger partial charge in [0.05, 0.1) is 23.7 Å². The normalized spacial score (nSPS) is 16.1. The van der Waals surface area contributed by atoms with Crippen LogP contribution < -0.4 is 4.90 Å². The number of nitrogens with zero attached hydrogens (tertiary/aromatic N) is 4. The van der Waals surface area contributed by atoms with E-state index in [9.17, 15) is 10.1 Å². The van der Waals surface area contributed by atoms with Gasteiger partial charge in [-0.25, -0.2) is 4.98 Å². The summed E-state index contributed by atoms with van der Waals surface area (Å²) in [5.41, 5.74) is 6.07. The molecule has 0 atom stereocenters. The second kappa shape index (κ2) is 7.57. The predicted molar refractivity (Wildman–Crippen MR) is 117 cm³/mol. The number of aromatic nitrogens is 2. The Labute approximate surface area is 174 Å². The SMILES string of the molecule is Cc1nc2c([N+](=O)[O-])cc(N3CCOCC3)cc2n1Cc1cccc2c1CCC=C2. The third-order valence-electron chi connectivity index (χ3n) is 6.08. The van der Waals surface area contributed by atoms with Crippen LogP contribution in [0.25, 0.3) is 17.1 Å². The van der Waals surface area contributed by atoms with E-state index in [1.165, 1.54) is 16.7 Å². The maximum atomic E-state index is 11.8. The highest BCUT2D eigenvalue weighted by Gasteiger charge is 2.23. The highest BCUT2D eigenvalue weighted by atomic mass is 16.6. The molecule has 0 bridgehead atoms. The molecule has 2 aliphatic rings. The minimum absolute atomic E-state index is 0.0638. The third-order valence-corrected chi connectivity index (χ3v) is 6.08. The van der Waals surface area contributed by atoms with Gasteiger partial charge in [-0.15, -0.1) is 0 Å². The average molecular weight is 404 g/mol. The maximum Gasteiger partial charge on any atom is 0.299 e. The van der Waals surface area contributed by atoms with Gasteiger partial charge in [-0.1, -0.05) is 30.4 Å². The molecular weight excluding hydrogens is 380 g/mol. The monoisotopic (exact) mass is 404 g/mol. The molecule has 3 aromatic rings. The van der Waals surface area contributed by atoms with E-state index in [0.717, 1.165) is 43.0 Å². The minimum Gasteiger partial charge on any atom is -0.378 e. The van der Waals surface area contributed by atoms with Crippen molar-refractivity contribution >= 4 is 28.5 Å². The lowest BCUT2D eigenvalue weighted by atomic mass is 9.92. The Morgan fingerprint density at radius 3 is 2.87 bits per heavy atom. The van der Waals surface area contributed by atoms with Gasteiger partial charge in [-0.2, -0.15) is 0 Å². The number of anilines is 1. The number of nitro groups is 1. The van der Waals surface area contributed by atoms with Crippen LogP contribution in [0.1, 0.15) is 28.9 Å². The van der Waals surface area contributed by atoms with E-state index >= 15 is 0 Å². The standard InChI is InChI=1S/C23H24N4O3/c1-16-24-23-21(13-19(14-22(23)27(28)29)25-9-11-30-12-10-25)26(16)15-18-7-4-6-17-5-2-3-8-20(17)18/h2,4-7,13-14H,3,8-12,15H2,1H3. The van der Waals surface area contributed by atoms with Crippen molar-refractivity contribution in [3.8, 4) is 0 Å². The molecule has 2 heterocycles. The number of imidazole rings is 1. The van der Waals surface area contributed by atoms with Crippen molar-refractivity contribution in [3.63, 3.8) is 0 Å². The van der Waals surface area contributed by atoms with E-state index < -0.39 is 0 Å². The van der Waals surface area contributed by atoms with E-state index in [1.807, 2.05) is 13.0 Å². The van der Waals surface area contributed by atoms with E-state index in [0.29, 0.717) is 25.3 Å². The van der Waals surface area contributed by atoms with Crippen molar-refractivity contribution in [3.05, 3.63) is 69.0 Å². The lowest BCUT2D eigenvalue weighted by Crippen LogP contribution is -2.36. The zero-order valence-corrected chi connectivity index (χ0v) is 17.0. The van der Waals surface area contributed by atoms with Crippen molar-refractivity contribution in [1.29, 1.82) is 0 Å². The molecule has 0 spiro atoms. The van der Waals surface area contributed by atoms with Crippen LogP contribution in [0.2, 0.25) is 0 Å². The number of fused-ring (bicyclic) bond motifs is 2. The molecule has 2 aromatic carbocycles. The van der Waals surface area contributed by atoms with Crippen LogP contribution in [0.3, 0.4) is 0 Å². The number of allylic oxidation sites excluding steroid dienone is 1. The van der Waals surface area contributed by atoms with Gasteiger partial charge in [-0.05, 0) is 42.5 Å². The van der Waals surface area contributed by atoms with E-state index in [-0.39, 0.29) is 10.6 Å². The number of hydrogen-bond donors (Lipinski definition) is 0. The van der Waals surface area contributed by atoms with Gasteiger partial charge in [0.15, 0.2) is 5.52 Å². The van der Waals surface area contributed by atoms with Crippen molar-refractivity contribution in [2.24, 2.45) is 0 Å². The summed E-state index contributed by atoms with van der Waals surface area (Å²) in [6.07, 6.45) is 6.46. The molecule has 0 amide bonds.